The Hall–Kier alpha value is -1.96. The molecule has 0 amide bonds. The van der Waals surface area contributed by atoms with E-state index in [1.54, 1.807) is 25.3 Å². The molecule has 6 rings (SSSR count). The molecule has 4 saturated carbocycles. The predicted molar refractivity (Wildman–Crippen MR) is 106 cm³/mol. The van der Waals surface area contributed by atoms with Crippen molar-refractivity contribution < 1.29 is 9.47 Å². The van der Waals surface area contributed by atoms with E-state index >= 15 is 0 Å². The highest BCUT2D eigenvalue weighted by atomic mass is 16.5. The Labute approximate surface area is 161 Å². The van der Waals surface area contributed by atoms with Crippen LogP contribution in [0.4, 0.5) is 0 Å². The first-order valence-corrected chi connectivity index (χ1v) is 10.4. The monoisotopic (exact) mass is 360 g/mol. The largest absolute Gasteiger partial charge is 0.497 e. The third-order valence-corrected chi connectivity index (χ3v) is 8.89. The van der Waals surface area contributed by atoms with Crippen LogP contribution in [0.25, 0.3) is 0 Å². The van der Waals surface area contributed by atoms with E-state index in [0.29, 0.717) is 16.2 Å². The number of hydrogen-bond donors (Lipinski definition) is 0. The van der Waals surface area contributed by atoms with Crippen molar-refractivity contribution in [3.63, 3.8) is 0 Å². The van der Waals surface area contributed by atoms with Gasteiger partial charge in [-0.3, -0.25) is 0 Å². The summed E-state index contributed by atoms with van der Waals surface area (Å²) in [5.41, 5.74) is 4.45. The highest BCUT2D eigenvalue weighted by molar-refractivity contribution is 5.44. The minimum absolute atomic E-state index is 0.361. The lowest BCUT2D eigenvalue weighted by molar-refractivity contribution is -0.00114. The molecule has 1 spiro atoms. The van der Waals surface area contributed by atoms with Gasteiger partial charge in [0.25, 0.3) is 0 Å². The molecule has 4 atom stereocenters. The van der Waals surface area contributed by atoms with Crippen LogP contribution in [0, 0.1) is 17.3 Å². The maximum atomic E-state index is 5.42. The Morgan fingerprint density at radius 3 is 1.52 bits per heavy atom. The quantitative estimate of drug-likeness (QED) is 0.717. The second-order valence-electron chi connectivity index (χ2n) is 9.82. The lowest BCUT2D eigenvalue weighted by Gasteiger charge is -2.50. The molecule has 2 aromatic rings. The van der Waals surface area contributed by atoms with Crippen LogP contribution in [0.2, 0.25) is 0 Å². The third kappa shape index (κ3) is 1.92. The molecule has 2 aromatic carbocycles. The first-order chi connectivity index (χ1) is 13.1. The number of fused-ring (bicyclic) bond motifs is 2. The van der Waals surface area contributed by atoms with Crippen molar-refractivity contribution in [1.82, 2.24) is 0 Å². The number of hydrogen-bond acceptors (Lipinski definition) is 2. The average Bonchev–Trinajstić information content (AvgIpc) is 3.02. The molecule has 2 heteroatoms. The Bertz CT molecular complexity index is 810. The van der Waals surface area contributed by atoms with Crippen LogP contribution in [0.1, 0.15) is 49.7 Å². The Balaban J connectivity index is 1.45. The fourth-order valence-corrected chi connectivity index (χ4v) is 8.00. The van der Waals surface area contributed by atoms with Gasteiger partial charge in [0, 0.05) is 0 Å². The first kappa shape index (κ1) is 16.0. The molecule has 4 aliphatic rings. The lowest BCUT2D eigenvalue weighted by Crippen LogP contribution is -2.43. The van der Waals surface area contributed by atoms with Crippen LogP contribution in [0.5, 0.6) is 11.5 Å². The van der Waals surface area contributed by atoms with Crippen molar-refractivity contribution in [2.45, 2.75) is 49.4 Å². The maximum absolute atomic E-state index is 5.42. The Morgan fingerprint density at radius 2 is 1.11 bits per heavy atom. The second-order valence-corrected chi connectivity index (χ2v) is 9.82. The van der Waals surface area contributed by atoms with Gasteiger partial charge in [-0.15, -0.1) is 0 Å². The molecule has 0 N–H and O–H groups in total. The first-order valence-electron chi connectivity index (χ1n) is 10.4. The Kier molecular flexibility index (Phi) is 3.03. The topological polar surface area (TPSA) is 18.5 Å². The van der Waals surface area contributed by atoms with Gasteiger partial charge in [-0.25, -0.2) is 0 Å². The summed E-state index contributed by atoms with van der Waals surface area (Å²) < 4.78 is 10.8. The van der Waals surface area contributed by atoms with E-state index in [1.165, 1.54) is 38.5 Å². The van der Waals surface area contributed by atoms with Crippen LogP contribution in [-0.4, -0.2) is 14.2 Å². The van der Waals surface area contributed by atoms with Crippen LogP contribution < -0.4 is 9.47 Å². The van der Waals surface area contributed by atoms with Crippen molar-refractivity contribution in [1.29, 1.82) is 0 Å². The number of rotatable bonds is 4. The van der Waals surface area contributed by atoms with Gasteiger partial charge in [0.05, 0.1) is 14.2 Å². The summed E-state index contributed by atoms with van der Waals surface area (Å²) in [6.07, 6.45) is 8.41. The molecule has 27 heavy (non-hydrogen) atoms. The lowest BCUT2D eigenvalue weighted by atomic mass is 9.54. The SMILES string of the molecule is COc1ccc(C23CC4CC5CC(c6ccc(OC)cc6)(C2)CC45C3)cc1. The van der Waals surface area contributed by atoms with Crippen molar-refractivity contribution in [3.8, 4) is 11.5 Å². The van der Waals surface area contributed by atoms with Gasteiger partial charge in [0.2, 0.25) is 0 Å². The second kappa shape index (κ2) is 5.10. The van der Waals surface area contributed by atoms with E-state index < -0.39 is 0 Å². The highest BCUT2D eigenvalue weighted by Gasteiger charge is 2.75. The zero-order valence-corrected chi connectivity index (χ0v) is 16.3. The van der Waals surface area contributed by atoms with Gasteiger partial charge >= 0.3 is 0 Å². The summed E-state index contributed by atoms with van der Waals surface area (Å²) in [7, 11) is 3.51. The molecule has 0 radical (unpaired) electrons. The molecule has 0 heterocycles. The van der Waals surface area contributed by atoms with Gasteiger partial charge in [-0.1, -0.05) is 24.3 Å². The van der Waals surface area contributed by atoms with Crippen molar-refractivity contribution in [2.75, 3.05) is 14.2 Å². The molecular weight excluding hydrogens is 332 g/mol. The fourth-order valence-electron chi connectivity index (χ4n) is 8.00. The van der Waals surface area contributed by atoms with E-state index in [-0.39, 0.29) is 0 Å². The summed E-state index contributed by atoms with van der Waals surface area (Å²) in [6.45, 7) is 0. The smallest absolute Gasteiger partial charge is 0.118 e. The summed E-state index contributed by atoms with van der Waals surface area (Å²) >= 11 is 0. The average molecular weight is 360 g/mol. The fraction of sp³-hybridized carbons (Fsp3) is 0.520. The molecule has 0 saturated heterocycles. The van der Waals surface area contributed by atoms with E-state index in [0.717, 1.165) is 23.3 Å². The summed E-state index contributed by atoms with van der Waals surface area (Å²) in [6, 6.07) is 18.0. The third-order valence-electron chi connectivity index (χ3n) is 8.89. The van der Waals surface area contributed by atoms with Gasteiger partial charge in [0.15, 0.2) is 0 Å². The zero-order chi connectivity index (χ0) is 18.3. The summed E-state index contributed by atoms with van der Waals surface area (Å²) in [4.78, 5) is 0. The van der Waals surface area contributed by atoms with Crippen molar-refractivity contribution >= 4 is 0 Å². The highest BCUT2D eigenvalue weighted by Crippen LogP contribution is 2.82. The van der Waals surface area contributed by atoms with Gasteiger partial charge in [-0.2, -0.15) is 0 Å². The van der Waals surface area contributed by atoms with Gasteiger partial charge in [-0.05, 0) is 102 Å². The number of ether oxygens (including phenoxy) is 2. The molecule has 2 nitrogen and oxygen atoms in total. The normalized spacial score (nSPS) is 40.5. The van der Waals surface area contributed by atoms with E-state index in [2.05, 4.69) is 48.5 Å². The molecule has 4 unspecified atom stereocenters. The summed E-state index contributed by atoms with van der Waals surface area (Å²) in [5, 5.41) is 0. The number of benzene rings is 2. The van der Waals surface area contributed by atoms with E-state index in [9.17, 15) is 0 Å². The van der Waals surface area contributed by atoms with Crippen LogP contribution >= 0.6 is 0 Å². The van der Waals surface area contributed by atoms with Crippen LogP contribution in [0.15, 0.2) is 48.5 Å². The maximum Gasteiger partial charge on any atom is 0.118 e. The Morgan fingerprint density at radius 1 is 0.667 bits per heavy atom. The molecule has 0 aromatic heterocycles. The summed E-state index contributed by atoms with van der Waals surface area (Å²) in [5.74, 6) is 3.84. The van der Waals surface area contributed by atoms with Gasteiger partial charge < -0.3 is 9.47 Å². The molecule has 3 bridgehead atoms. The predicted octanol–water partition coefficient (Wildman–Crippen LogP) is 5.49. The van der Waals surface area contributed by atoms with Crippen molar-refractivity contribution in [3.05, 3.63) is 59.7 Å². The van der Waals surface area contributed by atoms with Crippen LogP contribution in [-0.2, 0) is 10.8 Å². The van der Waals surface area contributed by atoms with E-state index in [4.69, 9.17) is 9.47 Å². The van der Waals surface area contributed by atoms with Crippen molar-refractivity contribution in [2.24, 2.45) is 17.3 Å². The standard InChI is InChI=1S/C25H28O2/c1-26-21-7-3-17(4-8-21)23-12-19-11-20-13-24(14-23,16-25(19,20)15-23)18-5-9-22(27-2)10-6-18/h3-10,19-20H,11-16H2,1-2H3. The van der Waals surface area contributed by atoms with E-state index in [1.807, 2.05) is 0 Å². The molecule has 4 aliphatic carbocycles. The number of methoxy groups -OCH3 is 2. The molecule has 140 valence electrons. The minimum atomic E-state index is 0.361. The van der Waals surface area contributed by atoms with Gasteiger partial charge in [0.1, 0.15) is 11.5 Å². The van der Waals surface area contributed by atoms with Crippen LogP contribution in [0.3, 0.4) is 0 Å². The zero-order valence-electron chi connectivity index (χ0n) is 16.3. The molecule has 0 aliphatic heterocycles. The molecule has 4 fully saturated rings. The minimum Gasteiger partial charge on any atom is -0.497 e. The molecular formula is C25H28O2.